The van der Waals surface area contributed by atoms with Crippen LogP contribution in [0.4, 0.5) is 0 Å². The molecule has 7 heteroatoms. The lowest BCUT2D eigenvalue weighted by atomic mass is 10.1. The van der Waals surface area contributed by atoms with Crippen LogP contribution in [0.5, 0.6) is 0 Å². The predicted octanol–water partition coefficient (Wildman–Crippen LogP) is -0.882. The van der Waals surface area contributed by atoms with E-state index in [1.807, 2.05) is 0 Å². The second kappa shape index (κ2) is 4.91. The fourth-order valence-electron chi connectivity index (χ4n) is 1.91. The Kier molecular flexibility index (Phi) is 4.06. The van der Waals surface area contributed by atoms with Crippen molar-refractivity contribution in [3.63, 3.8) is 0 Å². The molecule has 0 aromatic rings. The maximum Gasteiger partial charge on any atom is 0.320 e. The van der Waals surface area contributed by atoms with Crippen LogP contribution in [-0.4, -0.2) is 37.8 Å². The standard InChI is InChI=1S/C8H16N2O4S/c9-4-6-2-1-3-7(6)10-15(13,14)5-8(11)12/h6-7,10H,1-5,9H2,(H,11,12). The van der Waals surface area contributed by atoms with Crippen molar-refractivity contribution in [3.8, 4) is 0 Å². The predicted molar refractivity (Wildman–Crippen MR) is 54.7 cm³/mol. The lowest BCUT2D eigenvalue weighted by molar-refractivity contribution is -0.134. The molecule has 0 bridgehead atoms. The average molecular weight is 236 g/mol. The highest BCUT2D eigenvalue weighted by Crippen LogP contribution is 2.25. The third-order valence-corrected chi connectivity index (χ3v) is 3.90. The van der Waals surface area contributed by atoms with Crippen LogP contribution in [-0.2, 0) is 14.8 Å². The fraction of sp³-hybridized carbons (Fsp3) is 0.875. The highest BCUT2D eigenvalue weighted by atomic mass is 32.2. The first kappa shape index (κ1) is 12.4. The summed E-state index contributed by atoms with van der Waals surface area (Å²) in [6.45, 7) is 0.431. The number of carbonyl (C=O) groups is 1. The number of carboxylic acid groups (broad SMARTS) is 1. The summed E-state index contributed by atoms with van der Waals surface area (Å²) >= 11 is 0. The molecule has 0 radical (unpaired) electrons. The lowest BCUT2D eigenvalue weighted by Gasteiger charge is -2.18. The molecule has 0 aliphatic heterocycles. The summed E-state index contributed by atoms with van der Waals surface area (Å²) in [6.07, 6.45) is 2.57. The van der Waals surface area contributed by atoms with Crippen molar-refractivity contribution in [2.45, 2.75) is 25.3 Å². The molecular formula is C8H16N2O4S. The van der Waals surface area contributed by atoms with Crippen molar-refractivity contribution in [2.24, 2.45) is 11.7 Å². The van der Waals surface area contributed by atoms with Gasteiger partial charge in [-0.25, -0.2) is 13.1 Å². The van der Waals surface area contributed by atoms with Crippen LogP contribution >= 0.6 is 0 Å². The van der Waals surface area contributed by atoms with E-state index in [0.717, 1.165) is 19.3 Å². The molecule has 0 saturated heterocycles. The van der Waals surface area contributed by atoms with Gasteiger partial charge >= 0.3 is 5.97 Å². The Labute approximate surface area is 88.9 Å². The molecule has 2 unspecified atom stereocenters. The molecule has 2 atom stereocenters. The van der Waals surface area contributed by atoms with E-state index in [1.54, 1.807) is 0 Å². The van der Waals surface area contributed by atoms with Gasteiger partial charge in [0.15, 0.2) is 5.75 Å². The molecule has 1 fully saturated rings. The fourth-order valence-corrected chi connectivity index (χ4v) is 3.09. The van der Waals surface area contributed by atoms with Gasteiger partial charge in [-0.15, -0.1) is 0 Å². The van der Waals surface area contributed by atoms with Crippen LogP contribution in [0.15, 0.2) is 0 Å². The number of carboxylic acids is 1. The van der Waals surface area contributed by atoms with Crippen LogP contribution in [0.1, 0.15) is 19.3 Å². The number of hydrogen-bond acceptors (Lipinski definition) is 4. The average Bonchev–Trinajstić information content (AvgIpc) is 2.48. The van der Waals surface area contributed by atoms with E-state index >= 15 is 0 Å². The van der Waals surface area contributed by atoms with E-state index in [1.165, 1.54) is 0 Å². The van der Waals surface area contributed by atoms with Crippen molar-refractivity contribution in [1.82, 2.24) is 4.72 Å². The van der Waals surface area contributed by atoms with Crippen molar-refractivity contribution in [2.75, 3.05) is 12.3 Å². The molecule has 1 saturated carbocycles. The van der Waals surface area contributed by atoms with Crippen LogP contribution < -0.4 is 10.5 Å². The Hall–Kier alpha value is -0.660. The van der Waals surface area contributed by atoms with Gasteiger partial charge in [0.1, 0.15) is 0 Å². The lowest BCUT2D eigenvalue weighted by Crippen LogP contribution is -2.42. The van der Waals surface area contributed by atoms with Crippen LogP contribution in [0, 0.1) is 5.92 Å². The van der Waals surface area contributed by atoms with Gasteiger partial charge in [-0.2, -0.15) is 0 Å². The quantitative estimate of drug-likeness (QED) is 0.574. The van der Waals surface area contributed by atoms with E-state index in [0.29, 0.717) is 6.54 Å². The van der Waals surface area contributed by atoms with Crippen LogP contribution in [0.25, 0.3) is 0 Å². The summed E-state index contributed by atoms with van der Waals surface area (Å²) < 4.78 is 25.1. The van der Waals surface area contributed by atoms with E-state index in [2.05, 4.69) is 4.72 Å². The van der Waals surface area contributed by atoms with E-state index in [9.17, 15) is 13.2 Å². The first-order chi connectivity index (χ1) is 6.94. The minimum Gasteiger partial charge on any atom is -0.480 e. The summed E-state index contributed by atoms with van der Waals surface area (Å²) in [4.78, 5) is 10.3. The third kappa shape index (κ3) is 3.77. The smallest absolute Gasteiger partial charge is 0.320 e. The molecule has 1 aliphatic carbocycles. The highest BCUT2D eigenvalue weighted by Gasteiger charge is 2.30. The zero-order valence-corrected chi connectivity index (χ0v) is 9.16. The van der Waals surface area contributed by atoms with Crippen molar-refractivity contribution < 1.29 is 18.3 Å². The minimum atomic E-state index is -3.71. The number of hydrogen-bond donors (Lipinski definition) is 3. The summed E-state index contributed by atoms with van der Waals surface area (Å²) in [6, 6.07) is -0.195. The zero-order chi connectivity index (χ0) is 11.5. The van der Waals surface area contributed by atoms with E-state index in [-0.39, 0.29) is 12.0 Å². The van der Waals surface area contributed by atoms with Gasteiger partial charge in [-0.3, -0.25) is 4.79 Å². The number of nitrogens with two attached hydrogens (primary N) is 1. The molecule has 1 rings (SSSR count). The SMILES string of the molecule is NCC1CCCC1NS(=O)(=O)CC(=O)O. The Morgan fingerprint density at radius 1 is 1.47 bits per heavy atom. The van der Waals surface area contributed by atoms with Crippen LogP contribution in [0.2, 0.25) is 0 Å². The number of nitrogens with one attached hydrogen (secondary N) is 1. The third-order valence-electron chi connectivity index (χ3n) is 2.61. The van der Waals surface area contributed by atoms with E-state index in [4.69, 9.17) is 10.8 Å². The Balaban J connectivity index is 2.57. The zero-order valence-electron chi connectivity index (χ0n) is 8.35. The Morgan fingerprint density at radius 3 is 2.67 bits per heavy atom. The van der Waals surface area contributed by atoms with Gasteiger partial charge in [0.2, 0.25) is 10.0 Å². The normalized spacial score (nSPS) is 26.7. The van der Waals surface area contributed by atoms with Crippen molar-refractivity contribution in [1.29, 1.82) is 0 Å². The maximum absolute atomic E-state index is 11.3. The molecule has 0 aromatic carbocycles. The topological polar surface area (TPSA) is 109 Å². The Morgan fingerprint density at radius 2 is 2.13 bits per heavy atom. The van der Waals surface area contributed by atoms with Crippen molar-refractivity contribution >= 4 is 16.0 Å². The van der Waals surface area contributed by atoms with Gasteiger partial charge in [0.25, 0.3) is 0 Å². The molecule has 88 valence electrons. The molecule has 1 aliphatic rings. The van der Waals surface area contributed by atoms with Crippen LogP contribution in [0.3, 0.4) is 0 Å². The molecule has 15 heavy (non-hydrogen) atoms. The van der Waals surface area contributed by atoms with Crippen molar-refractivity contribution in [3.05, 3.63) is 0 Å². The van der Waals surface area contributed by atoms with Gasteiger partial charge < -0.3 is 10.8 Å². The minimum absolute atomic E-state index is 0.133. The maximum atomic E-state index is 11.3. The largest absolute Gasteiger partial charge is 0.480 e. The van der Waals surface area contributed by atoms with Gasteiger partial charge in [0, 0.05) is 6.04 Å². The first-order valence-corrected chi connectivity index (χ1v) is 6.51. The molecular weight excluding hydrogens is 220 g/mol. The number of aliphatic carboxylic acids is 1. The number of rotatable bonds is 5. The first-order valence-electron chi connectivity index (χ1n) is 4.86. The second-order valence-electron chi connectivity index (χ2n) is 3.80. The van der Waals surface area contributed by atoms with Gasteiger partial charge in [-0.1, -0.05) is 6.42 Å². The van der Waals surface area contributed by atoms with Gasteiger partial charge in [-0.05, 0) is 25.3 Å². The number of sulfonamides is 1. The highest BCUT2D eigenvalue weighted by molar-refractivity contribution is 7.90. The molecule has 0 spiro atoms. The summed E-state index contributed by atoms with van der Waals surface area (Å²) in [5.41, 5.74) is 5.49. The molecule has 6 nitrogen and oxygen atoms in total. The molecule has 0 heterocycles. The van der Waals surface area contributed by atoms with E-state index < -0.39 is 21.7 Å². The summed E-state index contributed by atoms with van der Waals surface area (Å²) in [5.74, 6) is -2.08. The second-order valence-corrected chi connectivity index (χ2v) is 5.56. The molecule has 0 aromatic heterocycles. The summed E-state index contributed by atoms with van der Waals surface area (Å²) in [7, 11) is -3.71. The molecule has 4 N–H and O–H groups in total. The molecule has 0 amide bonds. The monoisotopic (exact) mass is 236 g/mol. The van der Waals surface area contributed by atoms with Gasteiger partial charge in [0.05, 0.1) is 0 Å². The Bertz CT molecular complexity index is 328. The summed E-state index contributed by atoms with van der Waals surface area (Å²) in [5, 5.41) is 8.40.